The first kappa shape index (κ1) is 57.1. The standard InChI is InChI=1S/B.Cu.Fe.Si.Zr. The minimum atomic E-state index is 0. The maximum absolute atomic E-state index is 0. The van der Waals surface area contributed by atoms with E-state index < -0.39 is 0 Å². The molecule has 0 saturated heterocycles. The molecule has 0 N–H and O–H groups in total. The Balaban J connectivity index is 0. The molecule has 0 aliphatic heterocycles. The molecule has 0 atom stereocenters. The van der Waals surface area contributed by atoms with Gasteiger partial charge in [-0.15, -0.1) is 0 Å². The van der Waals surface area contributed by atoms with E-state index in [1.807, 2.05) is 0 Å². The Bertz CT molecular complexity index is 11.6. The molecule has 0 amide bonds. The molecule has 0 aromatic carbocycles. The van der Waals surface area contributed by atoms with Gasteiger partial charge in [-0.3, -0.25) is 0 Å². The van der Waals surface area contributed by atoms with Crippen LogP contribution in [-0.2, 0) is 60.3 Å². The summed E-state index contributed by atoms with van der Waals surface area (Å²) in [5.74, 6) is 0. The van der Waals surface area contributed by atoms with E-state index >= 15 is 0 Å². The van der Waals surface area contributed by atoms with Gasteiger partial charge in [0.15, 0.2) is 0 Å². The Hall–Kier alpha value is 2.20. The molecule has 5 heteroatoms. The summed E-state index contributed by atoms with van der Waals surface area (Å²) in [6, 6.07) is 0. The summed E-state index contributed by atoms with van der Waals surface area (Å²) in [4.78, 5) is 0. The summed E-state index contributed by atoms with van der Waals surface area (Å²) < 4.78 is 0. The first-order chi connectivity index (χ1) is 0. The van der Waals surface area contributed by atoms with Gasteiger partial charge in [0.25, 0.3) is 0 Å². The zero-order valence-electron chi connectivity index (χ0n) is 2.23. The van der Waals surface area contributed by atoms with E-state index in [9.17, 15) is 0 Å². The third kappa shape index (κ3) is 22.6. The van der Waals surface area contributed by atoms with Crippen LogP contribution in [0.5, 0.6) is 0 Å². The fraction of sp³-hybridized carbons (Fsp3) is 0. The Morgan fingerprint density at radius 2 is 1.00 bits per heavy atom. The molecule has 0 nitrogen and oxygen atoms in total. The monoisotopic (exact) mass is 248 g/mol. The van der Waals surface area contributed by atoms with Crippen molar-refractivity contribution in [1.82, 2.24) is 0 Å². The summed E-state index contributed by atoms with van der Waals surface area (Å²) >= 11 is 0. The fourth-order valence-corrected chi connectivity index (χ4v) is 0. The van der Waals surface area contributed by atoms with E-state index in [1.54, 1.807) is 0 Å². The minimum absolute atomic E-state index is 0. The normalized spacial score (nSPS) is 0. The Kier molecular flexibility index (Phi) is 395. The summed E-state index contributed by atoms with van der Waals surface area (Å²) in [6.07, 6.45) is 0. The molecule has 0 unspecified atom stereocenters. The molecule has 0 spiro atoms. The van der Waals surface area contributed by atoms with Crippen LogP contribution in [0.25, 0.3) is 0 Å². The molecule has 0 aliphatic rings. The van der Waals surface area contributed by atoms with Crippen LogP contribution < -0.4 is 0 Å². The van der Waals surface area contributed by atoms with Crippen molar-refractivity contribution in [3.63, 3.8) is 0 Å². The number of rotatable bonds is 0. The number of hydrogen-bond donors (Lipinski definition) is 0. The van der Waals surface area contributed by atoms with Crippen LogP contribution >= 0.6 is 0 Å². The SMILES string of the molecule is [B].[Cu].[Fe].[Si].[Zr]. The molecule has 0 rings (SSSR count). The second kappa shape index (κ2) is 34.6. The van der Waals surface area contributed by atoms with E-state index in [0.717, 1.165) is 0 Å². The summed E-state index contributed by atoms with van der Waals surface area (Å²) in [7, 11) is 0. The smallest absolute Gasteiger partial charge is 0 e. The van der Waals surface area contributed by atoms with Crippen molar-refractivity contribution in [3.8, 4) is 0 Å². The largest absolute Gasteiger partial charge is 0 e. The van der Waals surface area contributed by atoms with Crippen LogP contribution in [0, 0.1) is 0 Å². The van der Waals surface area contributed by atoms with E-state index in [1.165, 1.54) is 0 Å². The topological polar surface area (TPSA) is 0 Å². The summed E-state index contributed by atoms with van der Waals surface area (Å²) in [5, 5.41) is 0. The van der Waals surface area contributed by atoms with Gasteiger partial charge in [0.1, 0.15) is 0 Å². The maximum atomic E-state index is 0. The van der Waals surface area contributed by atoms with Gasteiger partial charge < -0.3 is 0 Å². The molecule has 0 aromatic heterocycles. The molecular weight excluding hydrogens is 250 g/mol. The molecule has 5 heavy (non-hydrogen) atoms. The molecule has 0 saturated carbocycles. The van der Waals surface area contributed by atoms with Crippen molar-refractivity contribution in [3.05, 3.63) is 0 Å². The third-order valence-electron chi connectivity index (χ3n) is 0. The van der Waals surface area contributed by atoms with E-state index in [-0.39, 0.29) is 79.7 Å². The third-order valence-corrected chi connectivity index (χ3v) is 0. The molecule has 0 aliphatic carbocycles. The van der Waals surface area contributed by atoms with Gasteiger partial charge in [0, 0.05) is 79.7 Å². The summed E-state index contributed by atoms with van der Waals surface area (Å²) in [6.45, 7) is 0. The van der Waals surface area contributed by atoms with Crippen LogP contribution in [0.1, 0.15) is 0 Å². The fourth-order valence-electron chi connectivity index (χ4n) is 0. The zero-order chi connectivity index (χ0) is 0. The quantitative estimate of drug-likeness (QED) is 0.495. The van der Waals surface area contributed by atoms with E-state index in [4.69, 9.17) is 0 Å². The molecule has 0 aromatic rings. The van der Waals surface area contributed by atoms with Crippen molar-refractivity contribution >= 4 is 19.4 Å². The molecule has 0 heterocycles. The molecule has 30 valence electrons. The van der Waals surface area contributed by atoms with Crippen LogP contribution in [0.2, 0.25) is 0 Å². The van der Waals surface area contributed by atoms with E-state index in [0.29, 0.717) is 0 Å². The predicted molar refractivity (Wildman–Crippen MR) is 11.5 cm³/mol. The van der Waals surface area contributed by atoms with Crippen molar-refractivity contribution in [1.29, 1.82) is 0 Å². The molecule has 0 bridgehead atoms. The van der Waals surface area contributed by atoms with Crippen LogP contribution in [-0.4, -0.2) is 19.4 Å². The first-order valence-electron chi connectivity index (χ1n) is 0. The van der Waals surface area contributed by atoms with Crippen molar-refractivity contribution in [2.24, 2.45) is 0 Å². The second-order valence-electron chi connectivity index (χ2n) is 0. The predicted octanol–water partition coefficient (Wildman–Crippen LogP) is -0.769. The number of hydrogen-bond acceptors (Lipinski definition) is 0. The van der Waals surface area contributed by atoms with Crippen LogP contribution in [0.15, 0.2) is 0 Å². The van der Waals surface area contributed by atoms with Gasteiger partial charge in [0.05, 0.1) is 0 Å². The Morgan fingerprint density at radius 1 is 1.00 bits per heavy atom. The van der Waals surface area contributed by atoms with Crippen LogP contribution in [0.3, 0.4) is 0 Å². The average molecular weight is 250 g/mol. The van der Waals surface area contributed by atoms with Crippen molar-refractivity contribution in [2.45, 2.75) is 0 Å². The summed E-state index contributed by atoms with van der Waals surface area (Å²) in [5.41, 5.74) is 0. The van der Waals surface area contributed by atoms with Gasteiger partial charge in [-0.1, -0.05) is 0 Å². The van der Waals surface area contributed by atoms with Gasteiger partial charge in [-0.2, -0.15) is 0 Å². The maximum Gasteiger partial charge on any atom is 0 e. The van der Waals surface area contributed by atoms with Gasteiger partial charge >= 0.3 is 0 Å². The van der Waals surface area contributed by atoms with Crippen molar-refractivity contribution in [2.75, 3.05) is 0 Å². The minimum Gasteiger partial charge on any atom is 0 e. The zero-order valence-corrected chi connectivity index (χ0v) is 7.74. The molecule has 8 radical (unpaired) electrons. The van der Waals surface area contributed by atoms with Gasteiger partial charge in [0.2, 0.25) is 0 Å². The Labute approximate surface area is 78.9 Å². The Morgan fingerprint density at radius 3 is 1.00 bits per heavy atom. The van der Waals surface area contributed by atoms with Crippen molar-refractivity contribution < 1.29 is 60.3 Å². The van der Waals surface area contributed by atoms with Crippen LogP contribution in [0.4, 0.5) is 0 Å². The molecular formula is BCuFeSiZr. The second-order valence-corrected chi connectivity index (χ2v) is 0. The van der Waals surface area contributed by atoms with Gasteiger partial charge in [-0.25, -0.2) is 0 Å². The van der Waals surface area contributed by atoms with E-state index in [2.05, 4.69) is 0 Å². The first-order valence-corrected chi connectivity index (χ1v) is 0. The average Bonchev–Trinajstić information content (AvgIpc) is 0. The van der Waals surface area contributed by atoms with Gasteiger partial charge in [-0.05, 0) is 0 Å². The molecule has 0 fully saturated rings.